The van der Waals surface area contributed by atoms with Crippen LogP contribution in [0.2, 0.25) is 0 Å². The molecule has 1 rings (SSSR count). The van der Waals surface area contributed by atoms with E-state index >= 15 is 0 Å². The summed E-state index contributed by atoms with van der Waals surface area (Å²) < 4.78 is 5.76. The lowest BCUT2D eigenvalue weighted by atomic mass is 9.80. The Morgan fingerprint density at radius 1 is 1.43 bits per heavy atom. The summed E-state index contributed by atoms with van der Waals surface area (Å²) in [6, 6.07) is 0. The number of rotatable bonds is 5. The van der Waals surface area contributed by atoms with Crippen molar-refractivity contribution in [2.75, 3.05) is 19.8 Å². The molecule has 14 heavy (non-hydrogen) atoms. The number of ether oxygens (including phenoxy) is 1. The highest BCUT2D eigenvalue weighted by Gasteiger charge is 2.27. The SMILES string of the molecule is CC1CCC(CN)C(OCCCO)C1. The van der Waals surface area contributed by atoms with Gasteiger partial charge in [0.15, 0.2) is 0 Å². The Bertz CT molecular complexity index is 152. The zero-order valence-electron chi connectivity index (χ0n) is 9.11. The van der Waals surface area contributed by atoms with E-state index in [0.717, 1.165) is 25.3 Å². The average molecular weight is 201 g/mol. The Balaban J connectivity index is 2.29. The number of aliphatic hydroxyl groups excluding tert-OH is 1. The Hall–Kier alpha value is -0.120. The van der Waals surface area contributed by atoms with Crippen LogP contribution in [-0.4, -0.2) is 31.0 Å². The van der Waals surface area contributed by atoms with Crippen molar-refractivity contribution in [1.82, 2.24) is 0 Å². The van der Waals surface area contributed by atoms with E-state index in [1.807, 2.05) is 0 Å². The molecule has 0 aromatic rings. The lowest BCUT2D eigenvalue weighted by Gasteiger charge is -2.34. The third kappa shape index (κ3) is 3.56. The maximum Gasteiger partial charge on any atom is 0.0617 e. The van der Waals surface area contributed by atoms with Crippen molar-refractivity contribution >= 4 is 0 Å². The van der Waals surface area contributed by atoms with Gasteiger partial charge in [-0.1, -0.05) is 13.3 Å². The third-order valence-electron chi connectivity index (χ3n) is 3.13. The molecule has 3 unspecified atom stereocenters. The fourth-order valence-electron chi connectivity index (χ4n) is 2.16. The van der Waals surface area contributed by atoms with E-state index in [1.54, 1.807) is 0 Å². The van der Waals surface area contributed by atoms with Gasteiger partial charge in [0.25, 0.3) is 0 Å². The Morgan fingerprint density at radius 3 is 2.86 bits per heavy atom. The van der Waals surface area contributed by atoms with Gasteiger partial charge in [-0.05, 0) is 37.6 Å². The maximum absolute atomic E-state index is 8.67. The molecule has 3 atom stereocenters. The molecule has 0 aromatic heterocycles. The van der Waals surface area contributed by atoms with Crippen molar-refractivity contribution < 1.29 is 9.84 Å². The van der Waals surface area contributed by atoms with Crippen LogP contribution in [0.5, 0.6) is 0 Å². The molecule has 0 saturated heterocycles. The van der Waals surface area contributed by atoms with Gasteiger partial charge in [-0.25, -0.2) is 0 Å². The highest BCUT2D eigenvalue weighted by Crippen LogP contribution is 2.30. The van der Waals surface area contributed by atoms with E-state index in [4.69, 9.17) is 15.6 Å². The van der Waals surface area contributed by atoms with Crippen LogP contribution in [0.4, 0.5) is 0 Å². The predicted octanol–water partition coefficient (Wildman–Crippen LogP) is 1.15. The molecular weight excluding hydrogens is 178 g/mol. The van der Waals surface area contributed by atoms with Crippen LogP contribution in [0.1, 0.15) is 32.6 Å². The van der Waals surface area contributed by atoms with Crippen molar-refractivity contribution in [3.63, 3.8) is 0 Å². The fourth-order valence-corrected chi connectivity index (χ4v) is 2.16. The molecular formula is C11H23NO2. The molecule has 1 saturated carbocycles. The second kappa shape index (κ2) is 6.38. The molecule has 0 bridgehead atoms. The van der Waals surface area contributed by atoms with E-state index in [2.05, 4.69) is 6.92 Å². The van der Waals surface area contributed by atoms with Crippen LogP contribution in [0, 0.1) is 11.8 Å². The summed E-state index contributed by atoms with van der Waals surface area (Å²) in [5, 5.41) is 8.67. The molecule has 1 aliphatic carbocycles. The minimum absolute atomic E-state index is 0.218. The minimum atomic E-state index is 0.218. The van der Waals surface area contributed by atoms with Gasteiger partial charge in [-0.2, -0.15) is 0 Å². The summed E-state index contributed by atoms with van der Waals surface area (Å²) in [5.41, 5.74) is 5.71. The topological polar surface area (TPSA) is 55.5 Å². The highest BCUT2D eigenvalue weighted by molar-refractivity contribution is 4.79. The van der Waals surface area contributed by atoms with Gasteiger partial charge >= 0.3 is 0 Å². The normalized spacial score (nSPS) is 33.2. The molecule has 84 valence electrons. The number of aliphatic hydroxyl groups is 1. The smallest absolute Gasteiger partial charge is 0.0617 e. The summed E-state index contributed by atoms with van der Waals surface area (Å²) in [6.07, 6.45) is 4.67. The van der Waals surface area contributed by atoms with Gasteiger partial charge in [-0.15, -0.1) is 0 Å². The van der Waals surface area contributed by atoms with E-state index in [9.17, 15) is 0 Å². The van der Waals surface area contributed by atoms with Crippen LogP contribution in [0.25, 0.3) is 0 Å². The molecule has 0 heterocycles. The van der Waals surface area contributed by atoms with E-state index in [0.29, 0.717) is 18.6 Å². The molecule has 1 fully saturated rings. The van der Waals surface area contributed by atoms with Gasteiger partial charge in [0.05, 0.1) is 6.10 Å². The lowest BCUT2D eigenvalue weighted by molar-refractivity contribution is -0.0250. The molecule has 3 heteroatoms. The van der Waals surface area contributed by atoms with Gasteiger partial charge in [-0.3, -0.25) is 0 Å². The molecule has 0 amide bonds. The molecule has 3 N–H and O–H groups in total. The number of hydrogen-bond donors (Lipinski definition) is 2. The first-order valence-electron chi connectivity index (χ1n) is 5.70. The zero-order chi connectivity index (χ0) is 10.4. The molecule has 0 radical (unpaired) electrons. The highest BCUT2D eigenvalue weighted by atomic mass is 16.5. The van der Waals surface area contributed by atoms with Crippen molar-refractivity contribution in [1.29, 1.82) is 0 Å². The maximum atomic E-state index is 8.67. The third-order valence-corrected chi connectivity index (χ3v) is 3.13. The first-order chi connectivity index (χ1) is 6.77. The Kier molecular flexibility index (Phi) is 5.45. The van der Waals surface area contributed by atoms with Gasteiger partial charge in [0, 0.05) is 13.2 Å². The van der Waals surface area contributed by atoms with Crippen molar-refractivity contribution in [2.45, 2.75) is 38.7 Å². The molecule has 0 aliphatic heterocycles. The van der Waals surface area contributed by atoms with Gasteiger partial charge in [0.1, 0.15) is 0 Å². The van der Waals surface area contributed by atoms with Crippen LogP contribution >= 0.6 is 0 Å². The minimum Gasteiger partial charge on any atom is -0.396 e. The monoisotopic (exact) mass is 201 g/mol. The predicted molar refractivity (Wildman–Crippen MR) is 57.0 cm³/mol. The van der Waals surface area contributed by atoms with Gasteiger partial charge in [0.2, 0.25) is 0 Å². The van der Waals surface area contributed by atoms with Crippen molar-refractivity contribution in [3.8, 4) is 0 Å². The lowest BCUT2D eigenvalue weighted by Crippen LogP contribution is -2.36. The summed E-state index contributed by atoms with van der Waals surface area (Å²) in [4.78, 5) is 0. The average Bonchev–Trinajstić information content (AvgIpc) is 2.19. The van der Waals surface area contributed by atoms with Crippen LogP contribution in [-0.2, 0) is 4.74 Å². The number of hydrogen-bond acceptors (Lipinski definition) is 3. The number of nitrogens with two attached hydrogens (primary N) is 1. The van der Waals surface area contributed by atoms with Crippen LogP contribution < -0.4 is 5.73 Å². The second-order valence-electron chi connectivity index (χ2n) is 4.40. The van der Waals surface area contributed by atoms with Crippen molar-refractivity contribution in [2.24, 2.45) is 17.6 Å². The first kappa shape index (κ1) is 12.0. The van der Waals surface area contributed by atoms with Gasteiger partial charge < -0.3 is 15.6 Å². The van der Waals surface area contributed by atoms with E-state index < -0.39 is 0 Å². The quantitative estimate of drug-likeness (QED) is 0.656. The van der Waals surface area contributed by atoms with Crippen LogP contribution in [0.3, 0.4) is 0 Å². The second-order valence-corrected chi connectivity index (χ2v) is 4.40. The first-order valence-corrected chi connectivity index (χ1v) is 5.70. The Labute approximate surface area is 86.6 Å². The largest absolute Gasteiger partial charge is 0.396 e. The molecule has 1 aliphatic rings. The summed E-state index contributed by atoms with van der Waals surface area (Å²) in [6.45, 7) is 3.89. The van der Waals surface area contributed by atoms with E-state index in [-0.39, 0.29) is 6.61 Å². The molecule has 0 aromatic carbocycles. The summed E-state index contributed by atoms with van der Waals surface area (Å²) >= 11 is 0. The van der Waals surface area contributed by atoms with Crippen molar-refractivity contribution in [3.05, 3.63) is 0 Å². The van der Waals surface area contributed by atoms with E-state index in [1.165, 1.54) is 12.8 Å². The fraction of sp³-hybridized carbons (Fsp3) is 1.00. The molecule has 3 nitrogen and oxygen atoms in total. The Morgan fingerprint density at radius 2 is 2.21 bits per heavy atom. The standard InChI is InChI=1S/C11H23NO2/c1-9-3-4-10(8-12)11(7-9)14-6-2-5-13/h9-11,13H,2-8,12H2,1H3. The summed E-state index contributed by atoms with van der Waals surface area (Å²) in [7, 11) is 0. The van der Waals surface area contributed by atoms with Crippen LogP contribution in [0.15, 0.2) is 0 Å². The summed E-state index contributed by atoms with van der Waals surface area (Å²) in [5.74, 6) is 1.29. The molecule has 0 spiro atoms. The zero-order valence-corrected chi connectivity index (χ0v) is 9.11.